The second kappa shape index (κ2) is 9.88. The number of carbonyl (C=O) groups is 1. The van der Waals surface area contributed by atoms with E-state index in [1.165, 1.54) is 10.8 Å². The van der Waals surface area contributed by atoms with Crippen molar-refractivity contribution in [2.45, 2.75) is 46.1 Å². The third-order valence-corrected chi connectivity index (χ3v) is 5.22. The molecule has 0 bridgehead atoms. The number of rotatable bonds is 7. The SMILES string of the molecule is [C-]#[N+]c1cc(Cn2c(C(=O)c3cc(C)cc(CCC#N)c3)c(C(C)C)c(=O)[nH]c2=O)ccn1. The van der Waals surface area contributed by atoms with Gasteiger partial charge in [-0.25, -0.2) is 4.79 Å². The van der Waals surface area contributed by atoms with Gasteiger partial charge in [-0.3, -0.25) is 19.1 Å². The molecule has 0 saturated heterocycles. The minimum atomic E-state index is -0.703. The first-order valence-electron chi connectivity index (χ1n) is 10.5. The molecule has 0 unspecified atom stereocenters. The lowest BCUT2D eigenvalue weighted by atomic mass is 9.94. The van der Waals surface area contributed by atoms with E-state index >= 15 is 0 Å². The van der Waals surface area contributed by atoms with Crippen LogP contribution in [-0.2, 0) is 13.0 Å². The van der Waals surface area contributed by atoms with E-state index in [-0.39, 0.29) is 29.5 Å². The molecule has 8 nitrogen and oxygen atoms in total. The predicted octanol–water partition coefficient (Wildman–Crippen LogP) is 3.65. The van der Waals surface area contributed by atoms with Gasteiger partial charge in [-0.05, 0) is 54.7 Å². The molecule has 2 aromatic heterocycles. The molecule has 1 aromatic carbocycles. The van der Waals surface area contributed by atoms with Gasteiger partial charge in [0.2, 0.25) is 5.78 Å². The number of aryl methyl sites for hydroxylation is 2. The van der Waals surface area contributed by atoms with Crippen molar-refractivity contribution in [3.63, 3.8) is 0 Å². The van der Waals surface area contributed by atoms with Gasteiger partial charge in [0.15, 0.2) is 0 Å². The number of pyridine rings is 1. The summed E-state index contributed by atoms with van der Waals surface area (Å²) < 4.78 is 1.25. The number of H-pyrrole nitrogens is 1. The highest BCUT2D eigenvalue weighted by Crippen LogP contribution is 2.21. The van der Waals surface area contributed by atoms with E-state index in [0.29, 0.717) is 24.0 Å². The van der Waals surface area contributed by atoms with Gasteiger partial charge in [0.05, 0.1) is 12.6 Å². The number of carbonyl (C=O) groups excluding carboxylic acids is 1. The summed E-state index contributed by atoms with van der Waals surface area (Å²) in [7, 11) is 0. The van der Waals surface area contributed by atoms with Crippen LogP contribution in [0.4, 0.5) is 5.82 Å². The van der Waals surface area contributed by atoms with Gasteiger partial charge in [-0.2, -0.15) is 5.26 Å². The number of benzene rings is 1. The first kappa shape index (κ1) is 23.4. The van der Waals surface area contributed by atoms with Gasteiger partial charge < -0.3 is 4.85 Å². The van der Waals surface area contributed by atoms with Crippen LogP contribution >= 0.6 is 0 Å². The van der Waals surface area contributed by atoms with Crippen molar-refractivity contribution in [3.8, 4) is 6.07 Å². The fourth-order valence-corrected chi connectivity index (χ4v) is 3.80. The number of ketones is 1. The van der Waals surface area contributed by atoms with Crippen LogP contribution in [0.5, 0.6) is 0 Å². The van der Waals surface area contributed by atoms with Crippen LogP contribution in [0, 0.1) is 24.8 Å². The molecule has 0 saturated carbocycles. The predicted molar refractivity (Wildman–Crippen MR) is 124 cm³/mol. The molecule has 8 heteroatoms. The largest absolute Gasteiger partial charge is 0.361 e. The molecule has 0 radical (unpaired) electrons. The highest BCUT2D eigenvalue weighted by Gasteiger charge is 2.25. The molecule has 1 N–H and O–H groups in total. The molecule has 0 fully saturated rings. The molecule has 3 aromatic rings. The Morgan fingerprint density at radius 3 is 2.67 bits per heavy atom. The number of aromatic nitrogens is 3. The van der Waals surface area contributed by atoms with Gasteiger partial charge in [0.1, 0.15) is 11.9 Å². The maximum Gasteiger partial charge on any atom is 0.329 e. The van der Waals surface area contributed by atoms with E-state index < -0.39 is 17.0 Å². The summed E-state index contributed by atoms with van der Waals surface area (Å²) >= 11 is 0. The third-order valence-electron chi connectivity index (χ3n) is 5.22. The van der Waals surface area contributed by atoms with Crippen molar-refractivity contribution in [1.29, 1.82) is 5.26 Å². The summed E-state index contributed by atoms with van der Waals surface area (Å²) in [5, 5.41) is 8.91. The van der Waals surface area contributed by atoms with E-state index in [1.54, 1.807) is 38.1 Å². The van der Waals surface area contributed by atoms with E-state index in [4.69, 9.17) is 11.8 Å². The smallest absolute Gasteiger partial charge is 0.329 e. The van der Waals surface area contributed by atoms with Crippen molar-refractivity contribution in [3.05, 3.63) is 102 Å². The van der Waals surface area contributed by atoms with Crippen LogP contribution in [0.15, 0.2) is 46.1 Å². The molecule has 0 spiro atoms. The first-order valence-corrected chi connectivity index (χ1v) is 10.5. The lowest BCUT2D eigenvalue weighted by Crippen LogP contribution is -2.38. The highest BCUT2D eigenvalue weighted by molar-refractivity contribution is 6.09. The highest BCUT2D eigenvalue weighted by atomic mass is 16.2. The van der Waals surface area contributed by atoms with Crippen molar-refractivity contribution >= 4 is 11.6 Å². The normalized spacial score (nSPS) is 10.6. The summed E-state index contributed by atoms with van der Waals surface area (Å²) in [5.41, 5.74) is 1.58. The Kier molecular flexibility index (Phi) is 7.00. The second-order valence-electron chi connectivity index (χ2n) is 8.09. The zero-order valence-corrected chi connectivity index (χ0v) is 18.7. The molecule has 166 valence electrons. The molecule has 0 aliphatic carbocycles. The quantitative estimate of drug-likeness (QED) is 0.444. The molecule has 0 amide bonds. The summed E-state index contributed by atoms with van der Waals surface area (Å²) in [4.78, 5) is 48.9. The van der Waals surface area contributed by atoms with Crippen LogP contribution in [0.1, 0.15) is 64.5 Å². The van der Waals surface area contributed by atoms with Gasteiger partial charge in [0.25, 0.3) is 11.4 Å². The lowest BCUT2D eigenvalue weighted by molar-refractivity contribution is 0.102. The molecule has 33 heavy (non-hydrogen) atoms. The van der Waals surface area contributed by atoms with E-state index in [1.807, 2.05) is 13.0 Å². The van der Waals surface area contributed by atoms with Crippen LogP contribution in [0.2, 0.25) is 0 Å². The van der Waals surface area contributed by atoms with Crippen LogP contribution in [-0.4, -0.2) is 20.3 Å². The average molecular weight is 441 g/mol. The Labute approximate surface area is 191 Å². The molecule has 0 atom stereocenters. The number of hydrogen-bond acceptors (Lipinski definition) is 5. The first-order chi connectivity index (χ1) is 15.7. The van der Waals surface area contributed by atoms with Gasteiger partial charge >= 0.3 is 5.69 Å². The van der Waals surface area contributed by atoms with Crippen LogP contribution < -0.4 is 11.2 Å². The van der Waals surface area contributed by atoms with Gasteiger partial charge in [0, 0.05) is 17.5 Å². The van der Waals surface area contributed by atoms with E-state index in [2.05, 4.69) is 20.9 Å². The third kappa shape index (κ3) is 5.13. The summed E-state index contributed by atoms with van der Waals surface area (Å²) in [6, 6.07) is 10.6. The minimum absolute atomic E-state index is 0.00540. The van der Waals surface area contributed by atoms with E-state index in [0.717, 1.165) is 11.1 Å². The Morgan fingerprint density at radius 2 is 2.00 bits per heavy atom. The molecule has 0 aliphatic heterocycles. The molecule has 0 aliphatic rings. The number of hydrogen-bond donors (Lipinski definition) is 1. The fraction of sp³-hybridized carbons (Fsp3) is 0.280. The molecule has 3 rings (SSSR count). The lowest BCUT2D eigenvalue weighted by Gasteiger charge is -2.18. The standard InChI is InChI=1S/C25H23N5O3/c1-15(2)21-22(23(31)19-11-16(3)10-17(12-19)6-5-8-26)30(25(33)29-24(21)32)14-18-7-9-28-20(13-18)27-4/h7,9-13,15H,5-6,14H2,1-3H3,(H,29,32,33). The average Bonchev–Trinajstić information content (AvgIpc) is 2.78. The van der Waals surface area contributed by atoms with Crippen LogP contribution in [0.3, 0.4) is 0 Å². The minimum Gasteiger partial charge on any atom is -0.361 e. The van der Waals surface area contributed by atoms with Crippen molar-refractivity contribution in [2.24, 2.45) is 0 Å². The van der Waals surface area contributed by atoms with Gasteiger partial charge in [-0.15, -0.1) is 4.98 Å². The fourth-order valence-electron chi connectivity index (χ4n) is 3.80. The zero-order valence-electron chi connectivity index (χ0n) is 18.7. The monoisotopic (exact) mass is 441 g/mol. The number of nitriles is 1. The summed E-state index contributed by atoms with van der Waals surface area (Å²) in [5.74, 6) is -0.593. The second-order valence-corrected chi connectivity index (χ2v) is 8.09. The van der Waals surface area contributed by atoms with Crippen molar-refractivity contribution < 1.29 is 4.79 Å². The van der Waals surface area contributed by atoms with Crippen molar-refractivity contribution in [1.82, 2.24) is 14.5 Å². The Morgan fingerprint density at radius 1 is 1.24 bits per heavy atom. The summed E-state index contributed by atoms with van der Waals surface area (Å²) in [6.07, 6.45) is 2.27. The maximum atomic E-state index is 13.8. The molecular formula is C25H23N5O3. The van der Waals surface area contributed by atoms with Gasteiger partial charge in [-0.1, -0.05) is 32.0 Å². The maximum absolute atomic E-state index is 13.8. The van der Waals surface area contributed by atoms with Crippen molar-refractivity contribution in [2.75, 3.05) is 0 Å². The van der Waals surface area contributed by atoms with Crippen LogP contribution in [0.25, 0.3) is 4.85 Å². The Balaban J connectivity index is 2.23. The molecular weight excluding hydrogens is 418 g/mol. The zero-order chi connectivity index (χ0) is 24.1. The van der Waals surface area contributed by atoms with E-state index in [9.17, 15) is 14.4 Å². The Bertz CT molecular complexity index is 1420. The molecule has 2 heterocycles. The number of aromatic amines is 1. The summed E-state index contributed by atoms with van der Waals surface area (Å²) in [6.45, 7) is 12.6. The Hall–Kier alpha value is -4.30. The topological polar surface area (TPSA) is 113 Å². The number of nitrogens with zero attached hydrogens (tertiary/aromatic N) is 4. The number of nitrogens with one attached hydrogen (secondary N) is 1.